The molecule has 0 spiro atoms. The Hall–Kier alpha value is -2.01. The smallest absolute Gasteiger partial charge is 0.319 e. The highest BCUT2D eigenvalue weighted by molar-refractivity contribution is 7.99. The fourth-order valence-electron chi connectivity index (χ4n) is 3.04. The second kappa shape index (κ2) is 6.24. The van der Waals surface area contributed by atoms with Crippen LogP contribution in [-0.2, 0) is 10.3 Å². The van der Waals surface area contributed by atoms with E-state index in [4.69, 9.17) is 0 Å². The highest BCUT2D eigenvalue weighted by atomic mass is 32.2. The Balaban J connectivity index is 1.98. The predicted octanol–water partition coefficient (Wildman–Crippen LogP) is 3.36. The van der Waals surface area contributed by atoms with Gasteiger partial charge in [0.25, 0.3) is 5.91 Å². The maximum absolute atomic E-state index is 12.9. The van der Waals surface area contributed by atoms with Gasteiger partial charge in [0.2, 0.25) is 0 Å². The van der Waals surface area contributed by atoms with Gasteiger partial charge in [0.15, 0.2) is 0 Å². The van der Waals surface area contributed by atoms with Crippen molar-refractivity contribution < 1.29 is 9.59 Å². The summed E-state index contributed by atoms with van der Waals surface area (Å²) in [6, 6.07) is 13.5. The molecule has 4 nitrogen and oxygen atoms in total. The minimum Gasteiger partial charge on any atom is -0.319 e. The minimum atomic E-state index is -1.01. The summed E-state index contributed by atoms with van der Waals surface area (Å²) in [6.07, 6.45) is 0. The van der Waals surface area contributed by atoms with Gasteiger partial charge < -0.3 is 5.32 Å². The molecule has 1 heterocycles. The van der Waals surface area contributed by atoms with Crippen LogP contribution in [0.2, 0.25) is 0 Å². The quantitative estimate of drug-likeness (QED) is 0.676. The first kappa shape index (κ1) is 15.9. The van der Waals surface area contributed by atoms with E-state index >= 15 is 0 Å². The van der Waals surface area contributed by atoms with Crippen LogP contribution < -0.4 is 5.32 Å². The van der Waals surface area contributed by atoms with Crippen molar-refractivity contribution in [1.29, 1.82) is 0 Å². The average molecular weight is 328 g/mol. The van der Waals surface area contributed by atoms with E-state index in [1.54, 1.807) is 18.7 Å². The van der Waals surface area contributed by atoms with Crippen LogP contribution in [0.4, 0.5) is 4.79 Å². The van der Waals surface area contributed by atoms with Crippen LogP contribution in [0.3, 0.4) is 0 Å². The number of thioether (sulfide) groups is 1. The molecule has 23 heavy (non-hydrogen) atoms. The Labute approximate surface area is 140 Å². The molecule has 5 heteroatoms. The Kier molecular flexibility index (Phi) is 4.31. The number of imide groups is 1. The van der Waals surface area contributed by atoms with Crippen LogP contribution in [-0.4, -0.2) is 34.9 Å². The second-order valence-electron chi connectivity index (χ2n) is 5.74. The SMILES string of the molecule is CCSCCN1C(=O)NC(C)(c2cccc3ccccc23)C1=O. The first-order valence-corrected chi connectivity index (χ1v) is 8.93. The lowest BCUT2D eigenvalue weighted by Gasteiger charge is -2.24. The van der Waals surface area contributed by atoms with E-state index in [1.807, 2.05) is 42.5 Å². The van der Waals surface area contributed by atoms with Crippen LogP contribution in [0.15, 0.2) is 42.5 Å². The van der Waals surface area contributed by atoms with Crippen molar-refractivity contribution in [1.82, 2.24) is 10.2 Å². The number of nitrogens with one attached hydrogen (secondary N) is 1. The Morgan fingerprint density at radius 3 is 2.65 bits per heavy atom. The van der Waals surface area contributed by atoms with Gasteiger partial charge in [-0.15, -0.1) is 0 Å². The molecule has 3 amide bonds. The van der Waals surface area contributed by atoms with Crippen LogP contribution in [0, 0.1) is 0 Å². The van der Waals surface area contributed by atoms with Gasteiger partial charge in [0.1, 0.15) is 5.54 Å². The summed E-state index contributed by atoms with van der Waals surface area (Å²) < 4.78 is 0. The minimum absolute atomic E-state index is 0.171. The van der Waals surface area contributed by atoms with Crippen molar-refractivity contribution in [3.8, 4) is 0 Å². The van der Waals surface area contributed by atoms with Crippen molar-refractivity contribution in [3.63, 3.8) is 0 Å². The summed E-state index contributed by atoms with van der Waals surface area (Å²) in [4.78, 5) is 26.5. The molecule has 1 N–H and O–H groups in total. The zero-order chi connectivity index (χ0) is 16.4. The molecule has 1 saturated heterocycles. The summed E-state index contributed by atoms with van der Waals surface area (Å²) in [5.41, 5.74) is -0.158. The molecule has 3 rings (SSSR count). The summed E-state index contributed by atoms with van der Waals surface area (Å²) in [7, 11) is 0. The Bertz CT molecular complexity index is 756. The molecule has 1 unspecified atom stereocenters. The molecule has 120 valence electrons. The number of urea groups is 1. The van der Waals surface area contributed by atoms with E-state index in [1.165, 1.54) is 4.90 Å². The number of rotatable bonds is 5. The molecule has 1 fully saturated rings. The van der Waals surface area contributed by atoms with Gasteiger partial charge in [-0.05, 0) is 29.0 Å². The van der Waals surface area contributed by atoms with Gasteiger partial charge in [-0.3, -0.25) is 9.69 Å². The largest absolute Gasteiger partial charge is 0.325 e. The summed E-state index contributed by atoms with van der Waals surface area (Å²) in [5, 5.41) is 4.95. The van der Waals surface area contributed by atoms with E-state index < -0.39 is 5.54 Å². The first-order chi connectivity index (χ1) is 11.1. The molecule has 0 saturated carbocycles. The zero-order valence-electron chi connectivity index (χ0n) is 13.3. The maximum atomic E-state index is 12.9. The van der Waals surface area contributed by atoms with E-state index in [-0.39, 0.29) is 11.9 Å². The van der Waals surface area contributed by atoms with E-state index in [2.05, 4.69) is 12.2 Å². The maximum Gasteiger partial charge on any atom is 0.325 e. The summed E-state index contributed by atoms with van der Waals surface area (Å²) in [5.74, 6) is 1.57. The lowest BCUT2D eigenvalue weighted by molar-refractivity contribution is -0.130. The third kappa shape index (κ3) is 2.70. The first-order valence-electron chi connectivity index (χ1n) is 7.78. The van der Waals surface area contributed by atoms with Gasteiger partial charge >= 0.3 is 6.03 Å². The summed E-state index contributed by atoms with van der Waals surface area (Å²) >= 11 is 1.72. The fraction of sp³-hybridized carbons (Fsp3) is 0.333. The van der Waals surface area contributed by atoms with Gasteiger partial charge in [0, 0.05) is 12.3 Å². The fourth-order valence-corrected chi connectivity index (χ4v) is 3.64. The molecule has 2 aromatic rings. The normalized spacial score (nSPS) is 21.0. The van der Waals surface area contributed by atoms with Crippen LogP contribution >= 0.6 is 11.8 Å². The molecule has 0 aromatic heterocycles. The standard InChI is InChI=1S/C18H20N2O2S/c1-3-23-12-11-20-16(21)18(2,19-17(20)22)15-10-6-8-13-7-4-5-9-14(13)15/h4-10H,3,11-12H2,1-2H3,(H,19,22). The van der Waals surface area contributed by atoms with Gasteiger partial charge in [-0.25, -0.2) is 4.79 Å². The number of fused-ring (bicyclic) bond motifs is 1. The van der Waals surface area contributed by atoms with Crippen molar-refractivity contribution in [2.24, 2.45) is 0 Å². The highest BCUT2D eigenvalue weighted by Crippen LogP contribution is 2.33. The van der Waals surface area contributed by atoms with Crippen LogP contribution in [0.1, 0.15) is 19.4 Å². The molecular formula is C18H20N2O2S. The molecule has 1 aliphatic heterocycles. The molecule has 0 aliphatic carbocycles. The van der Waals surface area contributed by atoms with Crippen LogP contribution in [0.5, 0.6) is 0 Å². The highest BCUT2D eigenvalue weighted by Gasteiger charge is 2.49. The van der Waals surface area contributed by atoms with Crippen molar-refractivity contribution >= 4 is 34.5 Å². The Morgan fingerprint density at radius 2 is 1.87 bits per heavy atom. The van der Waals surface area contributed by atoms with Crippen molar-refractivity contribution in [3.05, 3.63) is 48.0 Å². The molecular weight excluding hydrogens is 308 g/mol. The number of carbonyl (C=O) groups excluding carboxylic acids is 2. The molecule has 2 aromatic carbocycles. The van der Waals surface area contributed by atoms with Gasteiger partial charge in [0.05, 0.1) is 0 Å². The number of carbonyl (C=O) groups is 2. The van der Waals surface area contributed by atoms with Gasteiger partial charge in [-0.1, -0.05) is 49.4 Å². The number of hydrogen-bond acceptors (Lipinski definition) is 3. The van der Waals surface area contributed by atoms with Crippen molar-refractivity contribution in [2.45, 2.75) is 19.4 Å². The lowest BCUT2D eigenvalue weighted by atomic mass is 9.88. The number of benzene rings is 2. The van der Waals surface area contributed by atoms with Crippen molar-refractivity contribution in [2.75, 3.05) is 18.1 Å². The molecule has 0 bridgehead atoms. The number of nitrogens with zero attached hydrogens (tertiary/aromatic N) is 1. The number of amides is 3. The average Bonchev–Trinajstić information content (AvgIpc) is 2.78. The number of hydrogen-bond donors (Lipinski definition) is 1. The third-order valence-corrected chi connectivity index (χ3v) is 5.15. The van der Waals surface area contributed by atoms with E-state index in [0.29, 0.717) is 6.54 Å². The topological polar surface area (TPSA) is 49.4 Å². The third-order valence-electron chi connectivity index (χ3n) is 4.27. The lowest BCUT2D eigenvalue weighted by Crippen LogP contribution is -2.41. The zero-order valence-corrected chi connectivity index (χ0v) is 14.2. The second-order valence-corrected chi connectivity index (χ2v) is 7.13. The molecule has 1 atom stereocenters. The van der Waals surface area contributed by atoms with E-state index in [0.717, 1.165) is 27.8 Å². The van der Waals surface area contributed by atoms with Crippen LogP contribution in [0.25, 0.3) is 10.8 Å². The predicted molar refractivity (Wildman–Crippen MR) is 94.5 cm³/mol. The monoisotopic (exact) mass is 328 g/mol. The summed E-state index contributed by atoms with van der Waals surface area (Å²) in [6.45, 7) is 4.31. The van der Waals surface area contributed by atoms with Gasteiger partial charge in [-0.2, -0.15) is 11.8 Å². The molecule has 0 radical (unpaired) electrons. The Morgan fingerprint density at radius 1 is 1.13 bits per heavy atom. The van der Waals surface area contributed by atoms with E-state index in [9.17, 15) is 9.59 Å². The molecule has 1 aliphatic rings.